The number of benzene rings is 2. The first-order valence-corrected chi connectivity index (χ1v) is 8.97. The van der Waals surface area contributed by atoms with Crippen molar-refractivity contribution in [3.63, 3.8) is 0 Å². The van der Waals surface area contributed by atoms with Crippen molar-refractivity contribution in [3.05, 3.63) is 83.7 Å². The Bertz CT molecular complexity index is 958. The molecular weight excluding hydrogens is 356 g/mol. The number of aromatic nitrogens is 1. The number of carbonyl (C=O) groups excluding carboxylic acids is 1. The van der Waals surface area contributed by atoms with Gasteiger partial charge in [-0.05, 0) is 48.0 Å². The van der Waals surface area contributed by atoms with Crippen molar-refractivity contribution in [1.29, 1.82) is 0 Å². The standard InChI is InChI=1S/C22H20N2O4/c1-26-17-8-5-15(6-9-17)18(19-4-2-3-11-23-19)13-24-22(25)16-7-10-20-21(12-16)28-14-27-20/h2-12,18H,13-14H2,1H3,(H,24,25). The molecule has 0 radical (unpaired) electrons. The molecule has 0 bridgehead atoms. The quantitative estimate of drug-likeness (QED) is 0.714. The summed E-state index contributed by atoms with van der Waals surface area (Å²) in [5, 5.41) is 3.01. The van der Waals surface area contributed by atoms with Gasteiger partial charge >= 0.3 is 0 Å². The zero-order valence-corrected chi connectivity index (χ0v) is 15.4. The van der Waals surface area contributed by atoms with Gasteiger partial charge in [-0.3, -0.25) is 9.78 Å². The molecule has 1 atom stereocenters. The van der Waals surface area contributed by atoms with E-state index >= 15 is 0 Å². The molecule has 0 fully saturated rings. The van der Waals surface area contributed by atoms with Gasteiger partial charge in [0.2, 0.25) is 6.79 Å². The van der Waals surface area contributed by atoms with Gasteiger partial charge in [0.25, 0.3) is 5.91 Å². The van der Waals surface area contributed by atoms with E-state index in [2.05, 4.69) is 10.3 Å². The average molecular weight is 376 g/mol. The van der Waals surface area contributed by atoms with Crippen LogP contribution in [0.3, 0.4) is 0 Å². The molecule has 142 valence electrons. The van der Waals surface area contributed by atoms with E-state index in [1.54, 1.807) is 31.5 Å². The number of hydrogen-bond acceptors (Lipinski definition) is 5. The predicted molar refractivity (Wildman–Crippen MR) is 104 cm³/mol. The van der Waals surface area contributed by atoms with Gasteiger partial charge in [0.1, 0.15) is 5.75 Å². The van der Waals surface area contributed by atoms with E-state index in [4.69, 9.17) is 14.2 Å². The van der Waals surface area contributed by atoms with Crippen LogP contribution in [-0.4, -0.2) is 31.3 Å². The maximum atomic E-state index is 12.7. The largest absolute Gasteiger partial charge is 0.497 e. The molecule has 0 aliphatic carbocycles. The van der Waals surface area contributed by atoms with E-state index in [1.165, 1.54) is 0 Å². The van der Waals surface area contributed by atoms with E-state index in [1.807, 2.05) is 42.5 Å². The van der Waals surface area contributed by atoms with Gasteiger partial charge in [0.05, 0.1) is 7.11 Å². The molecule has 1 unspecified atom stereocenters. The molecule has 6 nitrogen and oxygen atoms in total. The number of methoxy groups -OCH3 is 1. The van der Waals surface area contributed by atoms with E-state index in [0.717, 1.165) is 17.0 Å². The van der Waals surface area contributed by atoms with Gasteiger partial charge in [-0.2, -0.15) is 0 Å². The molecule has 1 aliphatic heterocycles. The lowest BCUT2D eigenvalue weighted by molar-refractivity contribution is 0.0952. The maximum absolute atomic E-state index is 12.7. The highest BCUT2D eigenvalue weighted by Crippen LogP contribution is 2.32. The van der Waals surface area contributed by atoms with E-state index < -0.39 is 0 Å². The monoisotopic (exact) mass is 376 g/mol. The Morgan fingerprint density at radius 2 is 1.93 bits per heavy atom. The highest BCUT2D eigenvalue weighted by Gasteiger charge is 2.19. The molecule has 0 saturated heterocycles. The maximum Gasteiger partial charge on any atom is 0.251 e. The van der Waals surface area contributed by atoms with Gasteiger partial charge in [0, 0.05) is 29.9 Å². The second-order valence-corrected chi connectivity index (χ2v) is 6.36. The van der Waals surface area contributed by atoms with Crippen LogP contribution in [0.15, 0.2) is 66.9 Å². The number of nitrogens with zero attached hydrogens (tertiary/aromatic N) is 1. The average Bonchev–Trinajstić information content (AvgIpc) is 3.23. The summed E-state index contributed by atoms with van der Waals surface area (Å²) < 4.78 is 15.9. The molecule has 1 N–H and O–H groups in total. The third kappa shape index (κ3) is 3.76. The molecular formula is C22H20N2O4. The Hall–Kier alpha value is -3.54. The number of pyridine rings is 1. The Labute approximate surface area is 163 Å². The van der Waals surface area contributed by atoms with Gasteiger partial charge in [0.15, 0.2) is 11.5 Å². The lowest BCUT2D eigenvalue weighted by Crippen LogP contribution is -2.29. The van der Waals surface area contributed by atoms with Crippen LogP contribution in [0.4, 0.5) is 0 Å². The Morgan fingerprint density at radius 1 is 1.11 bits per heavy atom. The van der Waals surface area contributed by atoms with Gasteiger partial charge in [-0.1, -0.05) is 18.2 Å². The first-order valence-electron chi connectivity index (χ1n) is 8.97. The van der Waals surface area contributed by atoms with Crippen LogP contribution in [0.5, 0.6) is 17.2 Å². The number of carbonyl (C=O) groups is 1. The van der Waals surface area contributed by atoms with Crippen molar-refractivity contribution in [1.82, 2.24) is 10.3 Å². The van der Waals surface area contributed by atoms with Crippen molar-refractivity contribution in [2.24, 2.45) is 0 Å². The van der Waals surface area contributed by atoms with Crippen LogP contribution in [0.1, 0.15) is 27.5 Å². The fourth-order valence-electron chi connectivity index (χ4n) is 3.15. The normalized spacial score (nSPS) is 13.0. The second-order valence-electron chi connectivity index (χ2n) is 6.36. The molecule has 0 saturated carbocycles. The Morgan fingerprint density at radius 3 is 2.68 bits per heavy atom. The zero-order valence-electron chi connectivity index (χ0n) is 15.4. The fraction of sp³-hybridized carbons (Fsp3) is 0.182. The fourth-order valence-corrected chi connectivity index (χ4v) is 3.15. The molecule has 2 heterocycles. The first kappa shape index (κ1) is 17.9. The number of amides is 1. The predicted octanol–water partition coefficient (Wildman–Crippen LogP) is 3.38. The summed E-state index contributed by atoms with van der Waals surface area (Å²) >= 11 is 0. The summed E-state index contributed by atoms with van der Waals surface area (Å²) in [4.78, 5) is 17.1. The molecule has 4 rings (SSSR count). The summed E-state index contributed by atoms with van der Waals surface area (Å²) in [5.74, 6) is 1.77. The van der Waals surface area contributed by atoms with E-state index in [9.17, 15) is 4.79 Å². The Balaban J connectivity index is 1.53. The van der Waals surface area contributed by atoms with Crippen LogP contribution < -0.4 is 19.5 Å². The highest BCUT2D eigenvalue weighted by atomic mass is 16.7. The minimum atomic E-state index is -0.173. The molecule has 28 heavy (non-hydrogen) atoms. The van der Waals surface area contributed by atoms with Crippen LogP contribution in [-0.2, 0) is 0 Å². The van der Waals surface area contributed by atoms with Gasteiger partial charge in [-0.25, -0.2) is 0 Å². The highest BCUT2D eigenvalue weighted by molar-refractivity contribution is 5.95. The smallest absolute Gasteiger partial charge is 0.251 e. The number of nitrogens with one attached hydrogen (secondary N) is 1. The molecule has 1 aliphatic rings. The van der Waals surface area contributed by atoms with Crippen molar-refractivity contribution in [2.45, 2.75) is 5.92 Å². The summed E-state index contributed by atoms with van der Waals surface area (Å²) in [6.45, 7) is 0.593. The number of ether oxygens (including phenoxy) is 3. The van der Waals surface area contributed by atoms with E-state index in [-0.39, 0.29) is 18.6 Å². The molecule has 2 aromatic carbocycles. The third-order valence-corrected chi connectivity index (χ3v) is 4.66. The van der Waals surface area contributed by atoms with Crippen molar-refractivity contribution in [2.75, 3.05) is 20.4 Å². The molecule has 1 amide bonds. The lowest BCUT2D eigenvalue weighted by atomic mass is 9.94. The number of hydrogen-bond donors (Lipinski definition) is 1. The Kier molecular flexibility index (Phi) is 5.10. The first-order chi connectivity index (χ1) is 13.7. The minimum Gasteiger partial charge on any atom is -0.497 e. The van der Waals surface area contributed by atoms with Crippen molar-refractivity contribution >= 4 is 5.91 Å². The van der Waals surface area contributed by atoms with Crippen LogP contribution in [0.2, 0.25) is 0 Å². The minimum absolute atomic E-state index is 0.0786. The summed E-state index contributed by atoms with van der Waals surface area (Å²) in [7, 11) is 1.64. The zero-order chi connectivity index (χ0) is 19.3. The number of rotatable bonds is 6. The van der Waals surface area contributed by atoms with Gasteiger partial charge < -0.3 is 19.5 Å². The summed E-state index contributed by atoms with van der Waals surface area (Å²) in [6.07, 6.45) is 1.76. The lowest BCUT2D eigenvalue weighted by Gasteiger charge is -2.18. The second kappa shape index (κ2) is 8.00. The van der Waals surface area contributed by atoms with Crippen molar-refractivity contribution < 1.29 is 19.0 Å². The summed E-state index contributed by atoms with van der Waals surface area (Å²) in [6, 6.07) is 18.7. The molecule has 0 spiro atoms. The molecule has 1 aromatic heterocycles. The third-order valence-electron chi connectivity index (χ3n) is 4.66. The van der Waals surface area contributed by atoms with E-state index in [0.29, 0.717) is 23.6 Å². The summed E-state index contributed by atoms with van der Waals surface area (Å²) in [5.41, 5.74) is 2.46. The molecule has 6 heteroatoms. The SMILES string of the molecule is COc1ccc(C(CNC(=O)c2ccc3c(c2)OCO3)c2ccccn2)cc1. The topological polar surface area (TPSA) is 69.7 Å². The van der Waals surface area contributed by atoms with Gasteiger partial charge in [-0.15, -0.1) is 0 Å². The number of fused-ring (bicyclic) bond motifs is 1. The van der Waals surface area contributed by atoms with Crippen LogP contribution in [0, 0.1) is 0 Å². The van der Waals surface area contributed by atoms with Crippen LogP contribution >= 0.6 is 0 Å². The van der Waals surface area contributed by atoms with Crippen LogP contribution in [0.25, 0.3) is 0 Å². The molecule has 3 aromatic rings. The van der Waals surface area contributed by atoms with Crippen molar-refractivity contribution in [3.8, 4) is 17.2 Å².